The predicted octanol–water partition coefficient (Wildman–Crippen LogP) is 7.54. The van der Waals surface area contributed by atoms with Crippen molar-refractivity contribution in [2.45, 2.75) is 22.1 Å². The number of halogens is 8. The standard InChI is InChI=1S/C21H11Cl2F6N3O2S/c22-14-2-1-3-15(23)17(14)18(33)32-19(34)31-16-5-4-12(9-30-16)35-13-7-10(20(24,25)26)6-11(8-13)21(27,28)29/h1-9H,(H2,30,31,32,33,34). The van der Waals surface area contributed by atoms with Crippen LogP contribution in [0.1, 0.15) is 21.5 Å². The number of hydrogen-bond acceptors (Lipinski definition) is 4. The normalized spacial score (nSPS) is 11.8. The quantitative estimate of drug-likeness (QED) is 0.327. The molecule has 0 aliphatic rings. The molecule has 35 heavy (non-hydrogen) atoms. The first-order valence-electron chi connectivity index (χ1n) is 9.24. The summed E-state index contributed by atoms with van der Waals surface area (Å²) in [4.78, 5) is 28.0. The van der Waals surface area contributed by atoms with Crippen LogP contribution in [-0.2, 0) is 12.4 Å². The van der Waals surface area contributed by atoms with E-state index in [1.54, 1.807) is 0 Å². The van der Waals surface area contributed by atoms with Crippen molar-refractivity contribution in [3.63, 3.8) is 0 Å². The van der Waals surface area contributed by atoms with E-state index in [-0.39, 0.29) is 37.3 Å². The van der Waals surface area contributed by atoms with Crippen LogP contribution in [0.4, 0.5) is 37.0 Å². The van der Waals surface area contributed by atoms with E-state index >= 15 is 0 Å². The fraction of sp³-hybridized carbons (Fsp3) is 0.0952. The molecule has 0 saturated carbocycles. The Morgan fingerprint density at radius 1 is 0.829 bits per heavy atom. The van der Waals surface area contributed by atoms with Gasteiger partial charge in [-0.1, -0.05) is 41.0 Å². The number of carbonyl (C=O) groups is 2. The number of rotatable bonds is 4. The molecule has 5 nitrogen and oxygen atoms in total. The molecule has 184 valence electrons. The molecule has 0 aliphatic heterocycles. The van der Waals surface area contributed by atoms with Crippen molar-refractivity contribution in [2.75, 3.05) is 5.32 Å². The molecule has 0 spiro atoms. The highest BCUT2D eigenvalue weighted by Crippen LogP contribution is 2.40. The minimum absolute atomic E-state index is 0.0191. The van der Waals surface area contributed by atoms with Gasteiger partial charge in [-0.3, -0.25) is 15.4 Å². The minimum atomic E-state index is -4.97. The molecule has 3 amide bonds. The van der Waals surface area contributed by atoms with Gasteiger partial charge in [-0.2, -0.15) is 26.3 Å². The molecular formula is C21H11Cl2F6N3O2S. The zero-order valence-corrected chi connectivity index (χ0v) is 19.2. The van der Waals surface area contributed by atoms with Crippen molar-refractivity contribution in [2.24, 2.45) is 0 Å². The summed E-state index contributed by atoms with van der Waals surface area (Å²) >= 11 is 12.4. The second-order valence-corrected chi connectivity index (χ2v) is 8.69. The number of nitrogens with zero attached hydrogens (tertiary/aromatic N) is 1. The number of urea groups is 1. The topological polar surface area (TPSA) is 71.1 Å². The van der Waals surface area contributed by atoms with Gasteiger partial charge in [0, 0.05) is 16.0 Å². The molecule has 0 fully saturated rings. The van der Waals surface area contributed by atoms with Crippen LogP contribution in [0.2, 0.25) is 10.0 Å². The maximum atomic E-state index is 13.0. The largest absolute Gasteiger partial charge is 0.416 e. The lowest BCUT2D eigenvalue weighted by Crippen LogP contribution is -2.34. The molecule has 3 rings (SSSR count). The van der Waals surface area contributed by atoms with Gasteiger partial charge in [0.1, 0.15) is 5.82 Å². The number of alkyl halides is 6. The van der Waals surface area contributed by atoms with Crippen LogP contribution in [0.15, 0.2) is 64.5 Å². The summed E-state index contributed by atoms with van der Waals surface area (Å²) in [5.74, 6) is -0.930. The third kappa shape index (κ3) is 7.03. The molecule has 1 heterocycles. The smallest absolute Gasteiger partial charge is 0.292 e. The molecule has 14 heteroatoms. The first-order valence-corrected chi connectivity index (χ1v) is 10.8. The zero-order valence-electron chi connectivity index (χ0n) is 16.9. The number of amides is 3. The SMILES string of the molecule is O=C(NC(=O)c1c(Cl)cccc1Cl)Nc1ccc(Sc2cc(C(F)(F)F)cc(C(F)(F)F)c2)cn1. The molecule has 0 saturated heterocycles. The highest BCUT2D eigenvalue weighted by atomic mass is 35.5. The van der Waals surface area contributed by atoms with Crippen LogP contribution < -0.4 is 10.6 Å². The number of benzene rings is 2. The highest BCUT2D eigenvalue weighted by Gasteiger charge is 2.37. The van der Waals surface area contributed by atoms with E-state index in [1.165, 1.54) is 30.3 Å². The van der Waals surface area contributed by atoms with Gasteiger partial charge >= 0.3 is 18.4 Å². The number of anilines is 1. The minimum Gasteiger partial charge on any atom is -0.292 e. The van der Waals surface area contributed by atoms with Crippen LogP contribution in [0, 0.1) is 0 Å². The van der Waals surface area contributed by atoms with E-state index in [2.05, 4.69) is 10.3 Å². The van der Waals surface area contributed by atoms with E-state index in [9.17, 15) is 35.9 Å². The zero-order chi connectivity index (χ0) is 26.0. The average Bonchev–Trinajstić information content (AvgIpc) is 2.73. The third-order valence-corrected chi connectivity index (χ3v) is 5.77. The summed E-state index contributed by atoms with van der Waals surface area (Å²) in [6.07, 6.45) is -8.82. The van der Waals surface area contributed by atoms with Crippen LogP contribution in [-0.4, -0.2) is 16.9 Å². The van der Waals surface area contributed by atoms with Crippen LogP contribution >= 0.6 is 35.0 Å². The fourth-order valence-corrected chi connectivity index (χ4v) is 4.12. The molecule has 1 aromatic heterocycles. The van der Waals surface area contributed by atoms with E-state index in [0.717, 1.165) is 6.20 Å². The Bertz CT molecular complexity index is 1210. The van der Waals surface area contributed by atoms with Crippen molar-refractivity contribution >= 4 is 52.7 Å². The van der Waals surface area contributed by atoms with E-state index in [0.29, 0.717) is 23.9 Å². The maximum Gasteiger partial charge on any atom is 0.416 e. The summed E-state index contributed by atoms with van der Waals surface area (Å²) in [5, 5.41) is 4.30. The molecular weight excluding hydrogens is 543 g/mol. The second-order valence-electron chi connectivity index (χ2n) is 6.73. The predicted molar refractivity (Wildman–Crippen MR) is 118 cm³/mol. The monoisotopic (exact) mass is 553 g/mol. The van der Waals surface area contributed by atoms with Gasteiger partial charge in [0.15, 0.2) is 0 Å². The summed E-state index contributed by atoms with van der Waals surface area (Å²) in [6, 6.07) is 7.10. The first kappa shape index (κ1) is 26.6. The van der Waals surface area contributed by atoms with Crippen molar-refractivity contribution < 1.29 is 35.9 Å². The molecule has 0 bridgehead atoms. The summed E-state index contributed by atoms with van der Waals surface area (Å²) in [6.45, 7) is 0. The van der Waals surface area contributed by atoms with Crippen LogP contribution in [0.25, 0.3) is 0 Å². The lowest BCUT2D eigenvalue weighted by atomic mass is 10.1. The van der Waals surface area contributed by atoms with E-state index < -0.39 is 35.4 Å². The number of nitrogens with one attached hydrogen (secondary N) is 2. The number of imide groups is 1. The molecule has 0 aliphatic carbocycles. The lowest BCUT2D eigenvalue weighted by molar-refractivity contribution is -0.143. The Hall–Kier alpha value is -2.96. The van der Waals surface area contributed by atoms with Gasteiger partial charge < -0.3 is 0 Å². The van der Waals surface area contributed by atoms with Crippen molar-refractivity contribution in [1.29, 1.82) is 0 Å². The molecule has 0 unspecified atom stereocenters. The number of carbonyl (C=O) groups excluding carboxylic acids is 2. The van der Waals surface area contributed by atoms with Gasteiger partial charge in [0.05, 0.1) is 26.7 Å². The van der Waals surface area contributed by atoms with E-state index in [1.807, 2.05) is 5.32 Å². The molecule has 3 aromatic rings. The summed E-state index contributed by atoms with van der Waals surface area (Å²) < 4.78 is 78.1. The summed E-state index contributed by atoms with van der Waals surface area (Å²) in [5.41, 5.74) is -3.01. The Labute approximate surface area is 207 Å². The van der Waals surface area contributed by atoms with Crippen LogP contribution in [0.3, 0.4) is 0 Å². The Balaban J connectivity index is 1.71. The Kier molecular flexibility index (Phi) is 7.87. The van der Waals surface area contributed by atoms with Crippen LogP contribution in [0.5, 0.6) is 0 Å². The van der Waals surface area contributed by atoms with Gasteiger partial charge in [0.2, 0.25) is 0 Å². The van der Waals surface area contributed by atoms with Crippen molar-refractivity contribution in [3.8, 4) is 0 Å². The number of aromatic nitrogens is 1. The fourth-order valence-electron chi connectivity index (χ4n) is 2.66. The second kappa shape index (κ2) is 10.3. The Morgan fingerprint density at radius 2 is 1.40 bits per heavy atom. The molecule has 2 N–H and O–H groups in total. The van der Waals surface area contributed by atoms with Gasteiger partial charge in [-0.15, -0.1) is 0 Å². The van der Waals surface area contributed by atoms with Crippen molar-refractivity contribution in [3.05, 3.63) is 81.5 Å². The van der Waals surface area contributed by atoms with Gasteiger partial charge in [-0.25, -0.2) is 9.78 Å². The maximum absolute atomic E-state index is 13.0. The molecule has 0 radical (unpaired) electrons. The lowest BCUT2D eigenvalue weighted by Gasteiger charge is -2.14. The van der Waals surface area contributed by atoms with E-state index in [4.69, 9.17) is 23.2 Å². The summed E-state index contributed by atoms with van der Waals surface area (Å²) in [7, 11) is 0. The van der Waals surface area contributed by atoms with Gasteiger partial charge in [-0.05, 0) is 42.5 Å². The molecule has 0 atom stereocenters. The third-order valence-electron chi connectivity index (χ3n) is 4.19. The van der Waals surface area contributed by atoms with Crippen molar-refractivity contribution in [1.82, 2.24) is 10.3 Å². The average molecular weight is 554 g/mol. The number of hydrogen-bond donors (Lipinski definition) is 2. The highest BCUT2D eigenvalue weighted by molar-refractivity contribution is 7.99. The van der Waals surface area contributed by atoms with Gasteiger partial charge in [0.25, 0.3) is 5.91 Å². The molecule has 2 aromatic carbocycles. The number of pyridine rings is 1. The first-order chi connectivity index (χ1) is 16.2. The Morgan fingerprint density at radius 3 is 1.89 bits per heavy atom.